The summed E-state index contributed by atoms with van der Waals surface area (Å²) in [6.45, 7) is 8.52. The molecule has 6 nitrogen and oxygen atoms in total. The molecule has 0 bridgehead atoms. The van der Waals surface area contributed by atoms with Gasteiger partial charge in [-0.2, -0.15) is 0 Å². The van der Waals surface area contributed by atoms with Crippen molar-refractivity contribution in [3.05, 3.63) is 89.0 Å². The molecule has 0 aromatic heterocycles. The highest BCUT2D eigenvalue weighted by atomic mass is 32.2. The number of anilines is 1. The van der Waals surface area contributed by atoms with E-state index >= 15 is 0 Å². The van der Waals surface area contributed by atoms with Crippen LogP contribution in [0.15, 0.2) is 76.5 Å². The van der Waals surface area contributed by atoms with E-state index in [0.29, 0.717) is 12.6 Å². The SMILES string of the molecule is CCNC(=O)C1(CCCCN2CCN(c3ccc4c(c3)C(=O)N(C3CCCCC3)CC4)CC2)c2ccccc2Sc2ccccc21. The quantitative estimate of drug-likeness (QED) is 0.259. The van der Waals surface area contributed by atoms with E-state index < -0.39 is 5.41 Å². The predicted molar refractivity (Wildman–Crippen MR) is 187 cm³/mol. The summed E-state index contributed by atoms with van der Waals surface area (Å²) in [5, 5.41) is 3.20. The first-order valence-corrected chi connectivity index (χ1v) is 18.5. The Labute approximate surface area is 278 Å². The number of benzene rings is 3. The number of carbonyl (C=O) groups is 2. The van der Waals surface area contributed by atoms with Crippen LogP contribution in [0.4, 0.5) is 5.69 Å². The van der Waals surface area contributed by atoms with Gasteiger partial charge in [0, 0.05) is 66.4 Å². The van der Waals surface area contributed by atoms with Gasteiger partial charge >= 0.3 is 0 Å². The second kappa shape index (κ2) is 13.8. The lowest BCUT2D eigenvalue weighted by atomic mass is 9.69. The zero-order valence-corrected chi connectivity index (χ0v) is 28.1. The van der Waals surface area contributed by atoms with E-state index in [4.69, 9.17) is 0 Å². The maximum Gasteiger partial charge on any atom is 0.254 e. The van der Waals surface area contributed by atoms with Crippen LogP contribution in [0.3, 0.4) is 0 Å². The van der Waals surface area contributed by atoms with Gasteiger partial charge in [0.25, 0.3) is 5.91 Å². The minimum Gasteiger partial charge on any atom is -0.369 e. The number of amides is 2. The molecule has 1 saturated heterocycles. The first-order chi connectivity index (χ1) is 22.6. The molecule has 3 aliphatic heterocycles. The summed E-state index contributed by atoms with van der Waals surface area (Å²) in [6, 6.07) is 24.0. The van der Waals surface area contributed by atoms with Gasteiger partial charge in [0.05, 0.1) is 0 Å². The minimum absolute atomic E-state index is 0.120. The first-order valence-electron chi connectivity index (χ1n) is 17.6. The van der Waals surface area contributed by atoms with Crippen molar-refractivity contribution < 1.29 is 9.59 Å². The Morgan fingerprint density at radius 1 is 0.870 bits per heavy atom. The maximum atomic E-state index is 14.0. The molecule has 7 rings (SSSR count). The molecule has 7 heteroatoms. The van der Waals surface area contributed by atoms with Crippen molar-refractivity contribution in [1.29, 1.82) is 0 Å². The van der Waals surface area contributed by atoms with E-state index in [1.165, 1.54) is 40.3 Å². The molecule has 2 amide bonds. The number of carbonyl (C=O) groups excluding carboxylic acids is 2. The van der Waals surface area contributed by atoms with Crippen molar-refractivity contribution in [2.45, 2.75) is 86.0 Å². The lowest BCUT2D eigenvalue weighted by Gasteiger charge is -2.40. The van der Waals surface area contributed by atoms with Crippen LogP contribution in [0.25, 0.3) is 0 Å². The summed E-state index contributed by atoms with van der Waals surface area (Å²) in [6.07, 6.45) is 9.95. The number of nitrogens with one attached hydrogen (secondary N) is 1. The van der Waals surface area contributed by atoms with Crippen LogP contribution in [-0.4, -0.2) is 73.5 Å². The molecule has 3 aromatic rings. The minimum atomic E-state index is -0.663. The van der Waals surface area contributed by atoms with Crippen LogP contribution in [0, 0.1) is 0 Å². The van der Waals surface area contributed by atoms with Crippen LogP contribution in [0.5, 0.6) is 0 Å². The number of likely N-dealkylation sites (N-methyl/N-ethyl adjacent to an activating group) is 1. The topological polar surface area (TPSA) is 55.9 Å². The number of hydrogen-bond donors (Lipinski definition) is 1. The molecule has 4 aliphatic rings. The molecule has 46 heavy (non-hydrogen) atoms. The Bertz CT molecular complexity index is 1510. The summed E-state index contributed by atoms with van der Waals surface area (Å²) in [5.74, 6) is 0.370. The molecule has 242 valence electrons. The van der Waals surface area contributed by atoms with Gasteiger partial charge in [-0.05, 0) is 86.5 Å². The third-order valence-electron chi connectivity index (χ3n) is 10.9. The maximum absolute atomic E-state index is 14.0. The molecule has 1 N–H and O–H groups in total. The summed E-state index contributed by atoms with van der Waals surface area (Å²) >= 11 is 1.78. The molecule has 0 spiro atoms. The highest BCUT2D eigenvalue weighted by Crippen LogP contribution is 2.51. The fourth-order valence-corrected chi connectivity index (χ4v) is 9.63. The Hall–Kier alpha value is -3.29. The average molecular weight is 637 g/mol. The number of piperazine rings is 1. The number of fused-ring (bicyclic) bond motifs is 3. The second-order valence-corrected chi connectivity index (χ2v) is 14.6. The van der Waals surface area contributed by atoms with Gasteiger partial charge in [0.2, 0.25) is 5.91 Å². The van der Waals surface area contributed by atoms with E-state index in [2.05, 4.69) is 86.7 Å². The molecule has 0 radical (unpaired) electrons. The fourth-order valence-electron chi connectivity index (χ4n) is 8.39. The van der Waals surface area contributed by atoms with Crippen molar-refractivity contribution >= 4 is 29.3 Å². The molecule has 1 saturated carbocycles. The summed E-state index contributed by atoms with van der Waals surface area (Å²) in [7, 11) is 0. The third kappa shape index (κ3) is 5.97. The summed E-state index contributed by atoms with van der Waals surface area (Å²) in [5.41, 5.74) is 4.96. The predicted octanol–water partition coefficient (Wildman–Crippen LogP) is 6.90. The highest BCUT2D eigenvalue weighted by Gasteiger charge is 2.46. The summed E-state index contributed by atoms with van der Waals surface area (Å²) in [4.78, 5) is 37.1. The molecular weight excluding hydrogens is 589 g/mol. The lowest BCUT2D eigenvalue weighted by molar-refractivity contribution is -0.125. The van der Waals surface area contributed by atoms with E-state index in [-0.39, 0.29) is 11.8 Å². The molecular formula is C39H48N4O2S. The Morgan fingerprint density at radius 3 is 2.26 bits per heavy atom. The molecule has 1 aliphatic carbocycles. The van der Waals surface area contributed by atoms with Crippen LogP contribution in [0.1, 0.15) is 85.3 Å². The molecule has 0 atom stereocenters. The number of unbranched alkanes of at least 4 members (excludes halogenated alkanes) is 1. The normalized spacial score (nSPS) is 19.7. The standard InChI is InChI=1S/C39H48N4O2S/c1-2-40-38(45)39(33-14-6-8-16-35(33)46-36-17-9-7-15-34(36)39)21-10-11-22-41-24-26-42(27-25-41)31-19-18-29-20-23-43(37(44)32(29)28-31)30-12-4-3-5-13-30/h6-9,14-19,28,30H,2-5,10-13,20-27H2,1H3,(H,40,45). The number of nitrogens with zero attached hydrogens (tertiary/aromatic N) is 3. The molecule has 3 aromatic carbocycles. The molecule has 2 fully saturated rings. The smallest absolute Gasteiger partial charge is 0.254 e. The van der Waals surface area contributed by atoms with E-state index in [0.717, 1.165) is 94.5 Å². The van der Waals surface area contributed by atoms with Gasteiger partial charge in [-0.15, -0.1) is 0 Å². The zero-order valence-electron chi connectivity index (χ0n) is 27.3. The van der Waals surface area contributed by atoms with Gasteiger partial charge in [0.1, 0.15) is 5.41 Å². The Kier molecular flexibility index (Phi) is 9.41. The van der Waals surface area contributed by atoms with E-state index in [9.17, 15) is 9.59 Å². The van der Waals surface area contributed by atoms with E-state index in [1.807, 2.05) is 6.92 Å². The van der Waals surface area contributed by atoms with Crippen LogP contribution < -0.4 is 10.2 Å². The van der Waals surface area contributed by atoms with Crippen molar-refractivity contribution in [3.63, 3.8) is 0 Å². The lowest BCUT2D eigenvalue weighted by Crippen LogP contribution is -2.48. The Balaban J connectivity index is 0.974. The highest BCUT2D eigenvalue weighted by molar-refractivity contribution is 7.99. The molecule has 3 heterocycles. The first kappa shape index (κ1) is 31.3. The van der Waals surface area contributed by atoms with Gasteiger partial charge in [-0.1, -0.05) is 79.9 Å². The van der Waals surface area contributed by atoms with Gasteiger partial charge in [-0.3, -0.25) is 14.5 Å². The number of rotatable bonds is 9. The van der Waals surface area contributed by atoms with Crippen molar-refractivity contribution in [2.75, 3.05) is 50.7 Å². The number of hydrogen-bond acceptors (Lipinski definition) is 5. The molecule has 0 unspecified atom stereocenters. The average Bonchev–Trinajstić information content (AvgIpc) is 3.10. The second-order valence-electron chi connectivity index (χ2n) is 13.5. The largest absolute Gasteiger partial charge is 0.369 e. The van der Waals surface area contributed by atoms with Crippen LogP contribution in [-0.2, 0) is 16.6 Å². The van der Waals surface area contributed by atoms with Crippen molar-refractivity contribution in [1.82, 2.24) is 15.1 Å². The van der Waals surface area contributed by atoms with Crippen molar-refractivity contribution in [3.8, 4) is 0 Å². The monoisotopic (exact) mass is 636 g/mol. The van der Waals surface area contributed by atoms with Crippen LogP contribution >= 0.6 is 11.8 Å². The Morgan fingerprint density at radius 2 is 1.57 bits per heavy atom. The summed E-state index contributed by atoms with van der Waals surface area (Å²) < 4.78 is 0. The van der Waals surface area contributed by atoms with Gasteiger partial charge < -0.3 is 15.1 Å². The van der Waals surface area contributed by atoms with Crippen molar-refractivity contribution in [2.24, 2.45) is 0 Å². The fraction of sp³-hybridized carbons (Fsp3) is 0.487. The van der Waals surface area contributed by atoms with E-state index in [1.54, 1.807) is 11.8 Å². The van der Waals surface area contributed by atoms with Crippen LogP contribution in [0.2, 0.25) is 0 Å². The van der Waals surface area contributed by atoms with Gasteiger partial charge in [-0.25, -0.2) is 0 Å². The van der Waals surface area contributed by atoms with Gasteiger partial charge in [0.15, 0.2) is 0 Å². The third-order valence-corrected chi connectivity index (χ3v) is 12.0. The zero-order chi connectivity index (χ0) is 31.5.